The van der Waals surface area contributed by atoms with E-state index >= 15 is 0 Å². The number of benzene rings is 1. The van der Waals surface area contributed by atoms with Gasteiger partial charge in [-0.15, -0.1) is 0 Å². The fourth-order valence-electron chi connectivity index (χ4n) is 3.93. The average Bonchev–Trinajstić information content (AvgIpc) is 3.10. The molecule has 1 fully saturated rings. The Balaban J connectivity index is 1.65. The van der Waals surface area contributed by atoms with Crippen molar-refractivity contribution >= 4 is 16.0 Å². The van der Waals surface area contributed by atoms with E-state index < -0.39 is 10.0 Å². The van der Waals surface area contributed by atoms with Crippen LogP contribution in [0, 0.1) is 0 Å². The van der Waals surface area contributed by atoms with Crippen LogP contribution in [0.4, 0.5) is 0 Å². The van der Waals surface area contributed by atoms with Crippen LogP contribution in [-0.4, -0.2) is 63.3 Å². The van der Waals surface area contributed by atoms with Crippen molar-refractivity contribution in [3.05, 3.63) is 23.3 Å². The van der Waals surface area contributed by atoms with Gasteiger partial charge in [0.1, 0.15) is 17.6 Å². The molecule has 0 aliphatic carbocycles. The molecule has 0 spiro atoms. The lowest BCUT2D eigenvalue weighted by molar-refractivity contribution is 0.254. The molecule has 1 atom stereocenters. The van der Waals surface area contributed by atoms with Crippen LogP contribution in [-0.2, 0) is 23.0 Å². The van der Waals surface area contributed by atoms with Gasteiger partial charge < -0.3 is 20.1 Å². The zero-order valence-electron chi connectivity index (χ0n) is 18.4. The summed E-state index contributed by atoms with van der Waals surface area (Å²) in [6, 6.07) is 4.27. The maximum absolute atomic E-state index is 12.1. The monoisotopic (exact) mass is 438 g/mol. The van der Waals surface area contributed by atoms with Crippen molar-refractivity contribution in [3.8, 4) is 11.5 Å². The van der Waals surface area contributed by atoms with E-state index in [-0.39, 0.29) is 17.9 Å². The Labute approximate surface area is 180 Å². The van der Waals surface area contributed by atoms with E-state index in [0.29, 0.717) is 19.6 Å². The Morgan fingerprint density at radius 3 is 2.67 bits per heavy atom. The van der Waals surface area contributed by atoms with E-state index in [9.17, 15) is 8.42 Å². The second kappa shape index (κ2) is 9.87. The number of guanidine groups is 1. The van der Waals surface area contributed by atoms with E-state index in [0.717, 1.165) is 48.8 Å². The highest BCUT2D eigenvalue weighted by Gasteiger charge is 2.27. The van der Waals surface area contributed by atoms with Gasteiger partial charge in [-0.3, -0.25) is 0 Å². The van der Waals surface area contributed by atoms with Gasteiger partial charge in [-0.25, -0.2) is 17.7 Å². The van der Waals surface area contributed by atoms with Crippen LogP contribution in [0.2, 0.25) is 0 Å². The smallest absolute Gasteiger partial charge is 0.213 e. The van der Waals surface area contributed by atoms with E-state index in [1.165, 1.54) is 5.56 Å². The maximum Gasteiger partial charge on any atom is 0.213 e. The molecule has 0 aromatic heterocycles. The number of hydrogen-bond acceptors (Lipinski definition) is 5. The SMILES string of the molecule is CCNC(=NCc1cc2c(cc1OC)CC(C)O2)NC1CCN(S(=O)(=O)CC)CC1. The lowest BCUT2D eigenvalue weighted by Crippen LogP contribution is -2.50. The van der Waals surface area contributed by atoms with E-state index in [2.05, 4.69) is 17.6 Å². The average molecular weight is 439 g/mol. The number of rotatable bonds is 7. The van der Waals surface area contributed by atoms with E-state index in [4.69, 9.17) is 14.5 Å². The van der Waals surface area contributed by atoms with Gasteiger partial charge in [0.2, 0.25) is 10.0 Å². The van der Waals surface area contributed by atoms with Gasteiger partial charge in [-0.2, -0.15) is 0 Å². The molecule has 0 radical (unpaired) electrons. The summed E-state index contributed by atoms with van der Waals surface area (Å²) in [5, 5.41) is 6.74. The summed E-state index contributed by atoms with van der Waals surface area (Å²) >= 11 is 0. The Hall–Kier alpha value is -2.00. The van der Waals surface area contributed by atoms with Crippen LogP contribution in [0.25, 0.3) is 0 Å². The molecule has 1 aromatic rings. The number of piperidine rings is 1. The number of fused-ring (bicyclic) bond motifs is 1. The Morgan fingerprint density at radius 1 is 1.30 bits per heavy atom. The number of nitrogens with one attached hydrogen (secondary N) is 2. The molecule has 0 amide bonds. The van der Waals surface area contributed by atoms with Crippen LogP contribution in [0.15, 0.2) is 17.1 Å². The van der Waals surface area contributed by atoms with Crippen LogP contribution in [0.1, 0.15) is 44.7 Å². The first-order valence-corrected chi connectivity index (χ1v) is 12.4. The molecule has 9 heteroatoms. The van der Waals surface area contributed by atoms with Gasteiger partial charge >= 0.3 is 0 Å². The molecule has 2 N–H and O–H groups in total. The molecule has 0 saturated carbocycles. The molecule has 1 saturated heterocycles. The van der Waals surface area contributed by atoms with Crippen molar-refractivity contribution in [1.29, 1.82) is 0 Å². The minimum atomic E-state index is -3.11. The number of ether oxygens (including phenoxy) is 2. The molecule has 2 aliphatic heterocycles. The van der Waals surface area contributed by atoms with Gasteiger partial charge in [0.25, 0.3) is 0 Å². The number of aliphatic imine (C=N–C) groups is 1. The van der Waals surface area contributed by atoms with Gasteiger partial charge in [-0.1, -0.05) is 0 Å². The molecule has 30 heavy (non-hydrogen) atoms. The van der Waals surface area contributed by atoms with Gasteiger partial charge in [-0.05, 0) is 45.7 Å². The maximum atomic E-state index is 12.1. The Morgan fingerprint density at radius 2 is 2.03 bits per heavy atom. The van der Waals surface area contributed by atoms with Crippen LogP contribution >= 0.6 is 0 Å². The van der Waals surface area contributed by atoms with Crippen molar-refractivity contribution in [2.24, 2.45) is 4.99 Å². The topological polar surface area (TPSA) is 92.3 Å². The van der Waals surface area contributed by atoms with Gasteiger partial charge in [0.05, 0.1) is 19.4 Å². The largest absolute Gasteiger partial charge is 0.496 e. The first-order valence-electron chi connectivity index (χ1n) is 10.7. The third kappa shape index (κ3) is 5.37. The predicted octanol–water partition coefficient (Wildman–Crippen LogP) is 1.89. The summed E-state index contributed by atoms with van der Waals surface area (Å²) in [4.78, 5) is 4.74. The molecule has 8 nitrogen and oxygen atoms in total. The zero-order chi connectivity index (χ0) is 21.7. The fourth-order valence-corrected chi connectivity index (χ4v) is 5.07. The molecule has 0 bridgehead atoms. The van der Waals surface area contributed by atoms with Crippen LogP contribution in [0.3, 0.4) is 0 Å². The third-order valence-corrected chi connectivity index (χ3v) is 7.49. The quantitative estimate of drug-likeness (QED) is 0.499. The molecule has 2 heterocycles. The Kier molecular flexibility index (Phi) is 7.46. The standard InChI is InChI=1S/C21H34N4O4S/c1-5-22-21(24-18-7-9-25(10-8-18)30(26,27)6-2)23-14-17-13-20-16(11-15(3)29-20)12-19(17)28-4/h12-13,15,18H,5-11,14H2,1-4H3,(H2,22,23,24). The van der Waals surface area contributed by atoms with Crippen LogP contribution < -0.4 is 20.1 Å². The minimum absolute atomic E-state index is 0.153. The van der Waals surface area contributed by atoms with E-state index in [1.54, 1.807) is 18.3 Å². The zero-order valence-corrected chi connectivity index (χ0v) is 19.2. The normalized spacial score (nSPS) is 20.5. The summed E-state index contributed by atoms with van der Waals surface area (Å²) in [5.41, 5.74) is 2.15. The van der Waals surface area contributed by atoms with E-state index in [1.807, 2.05) is 19.1 Å². The molecular formula is C21H34N4O4S. The molecule has 1 aromatic carbocycles. The van der Waals surface area contributed by atoms with Crippen LogP contribution in [0.5, 0.6) is 11.5 Å². The van der Waals surface area contributed by atoms with Gasteiger partial charge in [0, 0.05) is 43.2 Å². The fraction of sp³-hybridized carbons (Fsp3) is 0.667. The Bertz CT molecular complexity index is 864. The summed E-state index contributed by atoms with van der Waals surface area (Å²) < 4.78 is 37.2. The summed E-state index contributed by atoms with van der Waals surface area (Å²) in [6.07, 6.45) is 2.60. The van der Waals surface area contributed by atoms with Crippen molar-refractivity contribution in [1.82, 2.24) is 14.9 Å². The highest BCUT2D eigenvalue weighted by molar-refractivity contribution is 7.89. The second-order valence-corrected chi connectivity index (χ2v) is 10.1. The first kappa shape index (κ1) is 22.7. The van der Waals surface area contributed by atoms with Crippen molar-refractivity contribution in [3.63, 3.8) is 0 Å². The molecule has 1 unspecified atom stereocenters. The predicted molar refractivity (Wildman–Crippen MR) is 119 cm³/mol. The molecular weight excluding hydrogens is 404 g/mol. The lowest BCUT2D eigenvalue weighted by Gasteiger charge is -2.32. The minimum Gasteiger partial charge on any atom is -0.496 e. The molecule has 168 valence electrons. The third-order valence-electron chi connectivity index (χ3n) is 5.60. The van der Waals surface area contributed by atoms with Crippen molar-refractivity contribution < 1.29 is 17.9 Å². The first-order chi connectivity index (χ1) is 14.4. The second-order valence-electron chi connectivity index (χ2n) is 7.82. The number of sulfonamides is 1. The van der Waals surface area contributed by atoms with Crippen molar-refractivity contribution in [2.45, 2.75) is 58.7 Å². The highest BCUT2D eigenvalue weighted by atomic mass is 32.2. The summed E-state index contributed by atoms with van der Waals surface area (Å²) in [6.45, 7) is 8.08. The molecule has 2 aliphatic rings. The number of hydrogen-bond donors (Lipinski definition) is 2. The lowest BCUT2D eigenvalue weighted by atomic mass is 10.1. The highest BCUT2D eigenvalue weighted by Crippen LogP contribution is 2.35. The van der Waals surface area contributed by atoms with Crippen molar-refractivity contribution in [2.75, 3.05) is 32.5 Å². The van der Waals surface area contributed by atoms with Gasteiger partial charge in [0.15, 0.2) is 5.96 Å². The summed E-state index contributed by atoms with van der Waals surface area (Å²) in [7, 11) is -1.44. The molecule has 3 rings (SSSR count). The number of nitrogens with zero attached hydrogens (tertiary/aromatic N) is 2. The number of methoxy groups -OCH3 is 1. The summed E-state index contributed by atoms with van der Waals surface area (Å²) in [5.74, 6) is 2.62.